The average molecular weight is 1010 g/mol. The van der Waals surface area contributed by atoms with E-state index in [9.17, 15) is 0 Å². The molecule has 0 amide bonds. The second-order valence-electron chi connectivity index (χ2n) is 22.8. The lowest BCUT2D eigenvalue weighted by atomic mass is 9.43. The van der Waals surface area contributed by atoms with Crippen molar-refractivity contribution in [2.75, 3.05) is 9.71 Å². The number of para-hydroxylation sites is 1. The number of furan rings is 1. The minimum absolute atomic E-state index is 0.0110. The Morgan fingerprint density at radius 1 is 0.421 bits per heavy atom. The van der Waals surface area contributed by atoms with E-state index in [1.165, 1.54) is 102 Å². The zero-order valence-electron chi connectivity index (χ0n) is 43.4. The predicted octanol–water partition coefficient (Wildman–Crippen LogP) is 19.5. The van der Waals surface area contributed by atoms with Gasteiger partial charge in [-0.1, -0.05) is 187 Å². The van der Waals surface area contributed by atoms with Gasteiger partial charge in [-0.25, -0.2) is 0 Å². The molecular weight excluding hydrogens is 960 g/mol. The largest absolute Gasteiger partial charge is 0.454 e. The summed E-state index contributed by atoms with van der Waals surface area (Å²) in [6.45, 7) is 13.6. The lowest BCUT2D eigenvalue weighted by Gasteiger charge is -2.46. The Morgan fingerprint density at radius 3 is 1.76 bits per heavy atom. The predicted molar refractivity (Wildman–Crippen MR) is 329 cm³/mol. The van der Waals surface area contributed by atoms with Crippen molar-refractivity contribution in [1.82, 2.24) is 0 Å². The van der Waals surface area contributed by atoms with Crippen molar-refractivity contribution in [1.29, 1.82) is 0 Å². The topological polar surface area (TPSA) is 19.6 Å². The van der Waals surface area contributed by atoms with Crippen molar-refractivity contribution in [2.45, 2.75) is 52.4 Å². The summed E-state index contributed by atoms with van der Waals surface area (Å²) < 4.78 is 11.2. The Bertz CT molecular complexity index is 4480. The van der Waals surface area contributed by atoms with Crippen LogP contribution in [0.15, 0.2) is 217 Å². The van der Waals surface area contributed by atoms with E-state index in [-0.39, 0.29) is 17.7 Å². The first kappa shape index (κ1) is 45.3. The Kier molecular flexibility index (Phi) is 9.93. The normalized spacial score (nSPS) is 13.3. The Morgan fingerprint density at radius 2 is 1.04 bits per heavy atom. The summed E-state index contributed by atoms with van der Waals surface area (Å²) in [5.74, 6) is 0. The monoisotopic (exact) mass is 1010 g/mol. The number of fused-ring (bicyclic) bond motifs is 12. The van der Waals surface area contributed by atoms with E-state index in [0.717, 1.165) is 44.7 Å². The number of hydrogen-bond donors (Lipinski definition) is 0. The van der Waals surface area contributed by atoms with Gasteiger partial charge in [-0.05, 0) is 122 Å². The number of hydrogen-bond acceptors (Lipinski definition) is 5. The van der Waals surface area contributed by atoms with E-state index < -0.39 is 0 Å². The number of rotatable bonds is 5. The first-order valence-electron chi connectivity index (χ1n) is 26.5. The van der Waals surface area contributed by atoms with Gasteiger partial charge in [0.1, 0.15) is 5.58 Å². The molecule has 76 heavy (non-hydrogen) atoms. The molecule has 0 unspecified atom stereocenters. The highest BCUT2D eigenvalue weighted by Gasteiger charge is 2.48. The third kappa shape index (κ3) is 6.86. The molecule has 0 atom stereocenters. The molecule has 3 aromatic heterocycles. The quantitative estimate of drug-likeness (QED) is 0.160. The number of nitrogens with zero attached hydrogens (tertiary/aromatic N) is 2. The van der Waals surface area contributed by atoms with Crippen LogP contribution in [0.4, 0.5) is 28.4 Å². The van der Waals surface area contributed by atoms with Crippen LogP contribution in [0.3, 0.4) is 0 Å². The molecule has 13 aromatic rings. The lowest BCUT2D eigenvalue weighted by molar-refractivity contribution is 0.590. The highest BCUT2D eigenvalue weighted by atomic mass is 32.1. The van der Waals surface area contributed by atoms with E-state index in [1.54, 1.807) is 0 Å². The van der Waals surface area contributed by atoms with Gasteiger partial charge in [-0.15, -0.1) is 22.7 Å². The van der Waals surface area contributed by atoms with Crippen molar-refractivity contribution in [2.24, 2.45) is 0 Å². The summed E-state index contributed by atoms with van der Waals surface area (Å²) >= 11 is 3.80. The molecule has 0 aliphatic carbocycles. The molecule has 10 aromatic carbocycles. The van der Waals surface area contributed by atoms with E-state index in [1.807, 2.05) is 22.7 Å². The molecule has 0 bridgehead atoms. The number of benzene rings is 10. The molecule has 15 rings (SSSR count). The maximum atomic E-state index is 7.40. The van der Waals surface area contributed by atoms with Gasteiger partial charge in [0.2, 0.25) is 0 Å². The fourth-order valence-electron chi connectivity index (χ4n) is 12.4. The van der Waals surface area contributed by atoms with Crippen LogP contribution in [0.2, 0.25) is 0 Å². The van der Waals surface area contributed by atoms with E-state index >= 15 is 0 Å². The number of anilines is 5. The molecular formula is C70H53BN2OS2. The van der Waals surface area contributed by atoms with Gasteiger partial charge < -0.3 is 14.1 Å². The Labute approximate surface area is 452 Å². The van der Waals surface area contributed by atoms with Gasteiger partial charge in [-0.2, -0.15) is 0 Å². The van der Waals surface area contributed by atoms with Crippen LogP contribution < -0.4 is 20.6 Å². The van der Waals surface area contributed by atoms with Gasteiger partial charge in [0, 0.05) is 79.7 Å². The van der Waals surface area contributed by atoms with E-state index in [0.29, 0.717) is 0 Å². The SMILES string of the molecule is CC(C)(C)c1ccc(N2B3c4cc5sc(-c6ccccc6)c(-c6ccccc6)c5cc4N(c4ccc(C(C)(C)C)cc4-c4ccccc4)c4c3c(cc3c4oc4ccccc43)-c3cc4c(cc32)sc2ccccc24)cc1. The third-order valence-corrected chi connectivity index (χ3v) is 18.5. The summed E-state index contributed by atoms with van der Waals surface area (Å²) in [7, 11) is 0. The standard InChI is InChI=1S/C70H53BN2OS2/c1-69(2,3)45-30-33-47(34-31-45)73-58-41-63-52(49-27-17-19-29-61(49)75-63)37-51(58)53-38-54-48-26-16-18-28-60(48)74-67(54)66-65(53)71(73)56-40-62-55(64(43-22-12-8-13-23-43)68(76-62)44-24-14-9-15-25-44)39-59(56)72(66)57-35-32-46(70(4,5)6)36-50(57)42-20-10-7-11-21-42/h7-41H,1-6H3. The summed E-state index contributed by atoms with van der Waals surface area (Å²) in [6.07, 6.45) is 0. The summed E-state index contributed by atoms with van der Waals surface area (Å²) in [5, 5.41) is 6.03. The minimum atomic E-state index is -0.241. The van der Waals surface area contributed by atoms with Crippen molar-refractivity contribution < 1.29 is 4.42 Å². The fraction of sp³-hybridized carbons (Fsp3) is 0.114. The number of thiophene rings is 2. The van der Waals surface area contributed by atoms with Crippen LogP contribution in [0.1, 0.15) is 52.7 Å². The summed E-state index contributed by atoms with van der Waals surface area (Å²) in [5.41, 5.74) is 20.9. The van der Waals surface area contributed by atoms with Crippen LogP contribution in [0, 0.1) is 0 Å². The van der Waals surface area contributed by atoms with Crippen molar-refractivity contribution in [3.63, 3.8) is 0 Å². The molecule has 0 spiro atoms. The zero-order valence-corrected chi connectivity index (χ0v) is 45.0. The molecule has 6 heteroatoms. The average Bonchev–Trinajstić information content (AvgIpc) is 4.20. The summed E-state index contributed by atoms with van der Waals surface area (Å²) in [4.78, 5) is 6.56. The maximum absolute atomic E-state index is 7.40. The molecule has 0 saturated heterocycles. The molecule has 0 fully saturated rings. The lowest BCUT2D eigenvalue weighted by Crippen LogP contribution is -2.61. The van der Waals surface area contributed by atoms with Gasteiger partial charge >= 0.3 is 6.85 Å². The molecule has 364 valence electrons. The van der Waals surface area contributed by atoms with Crippen LogP contribution in [0.25, 0.3) is 96.0 Å². The second-order valence-corrected chi connectivity index (χ2v) is 25.0. The molecule has 0 saturated carbocycles. The van der Waals surface area contributed by atoms with E-state index in [4.69, 9.17) is 4.42 Å². The van der Waals surface area contributed by atoms with Gasteiger partial charge in [0.15, 0.2) is 5.58 Å². The molecule has 2 aliphatic rings. The Hall–Kier alpha value is -8.16. The first-order valence-corrected chi connectivity index (χ1v) is 28.1. The van der Waals surface area contributed by atoms with Gasteiger partial charge in [0.05, 0.1) is 11.4 Å². The van der Waals surface area contributed by atoms with Crippen LogP contribution in [0.5, 0.6) is 0 Å². The summed E-state index contributed by atoms with van der Waals surface area (Å²) in [6, 6.07) is 79.8. The minimum Gasteiger partial charge on any atom is -0.454 e. The first-order chi connectivity index (χ1) is 37.0. The molecule has 5 heterocycles. The van der Waals surface area contributed by atoms with Crippen LogP contribution >= 0.6 is 22.7 Å². The molecule has 3 nitrogen and oxygen atoms in total. The third-order valence-electron chi connectivity index (χ3n) is 16.2. The van der Waals surface area contributed by atoms with Gasteiger partial charge in [-0.3, -0.25) is 0 Å². The van der Waals surface area contributed by atoms with Crippen LogP contribution in [-0.4, -0.2) is 6.85 Å². The molecule has 2 aliphatic heterocycles. The van der Waals surface area contributed by atoms with Crippen molar-refractivity contribution in [3.8, 4) is 43.8 Å². The highest BCUT2D eigenvalue weighted by Crippen LogP contribution is 2.55. The smallest absolute Gasteiger partial charge is 0.333 e. The molecule has 0 radical (unpaired) electrons. The van der Waals surface area contributed by atoms with Crippen LogP contribution in [-0.2, 0) is 10.8 Å². The fourth-order valence-corrected chi connectivity index (χ4v) is 14.8. The van der Waals surface area contributed by atoms with E-state index in [2.05, 4.69) is 264 Å². The second kappa shape index (κ2) is 16.7. The zero-order chi connectivity index (χ0) is 51.2. The van der Waals surface area contributed by atoms with Crippen molar-refractivity contribution >= 4 is 121 Å². The van der Waals surface area contributed by atoms with Crippen molar-refractivity contribution in [3.05, 3.63) is 223 Å². The Balaban J connectivity index is 1.15. The maximum Gasteiger partial charge on any atom is 0.333 e. The highest BCUT2D eigenvalue weighted by molar-refractivity contribution is 7.26. The van der Waals surface area contributed by atoms with Gasteiger partial charge in [0.25, 0.3) is 0 Å². The molecule has 0 N–H and O–H groups in total.